The number of halogens is 1. The number of nitrogens with one attached hydrogen (secondary N) is 2. The van der Waals surface area contributed by atoms with E-state index in [0.29, 0.717) is 6.54 Å². The maximum Gasteiger partial charge on any atom is 0.322 e. The van der Waals surface area contributed by atoms with Crippen LogP contribution in [0.15, 0.2) is 28.7 Å². The number of carboxylic acids is 1. The molecule has 1 aromatic carbocycles. The maximum atomic E-state index is 10.7. The number of carbonyl (C=O) groups is 1. The molecule has 5 heteroatoms. The van der Waals surface area contributed by atoms with Crippen molar-refractivity contribution in [3.63, 3.8) is 0 Å². The van der Waals surface area contributed by atoms with E-state index in [4.69, 9.17) is 5.11 Å². The fourth-order valence-corrected chi connectivity index (χ4v) is 1.36. The van der Waals surface area contributed by atoms with Gasteiger partial charge in [0, 0.05) is 16.7 Å². The standard InChI is InChI=1S/C10H13BrN2O2/c1-12-9(10(14)15)6-13-8-4-2-7(11)3-5-8/h2-5,9,12-13H,6H2,1H3,(H,14,15). The third-order valence-corrected chi connectivity index (χ3v) is 2.53. The van der Waals surface area contributed by atoms with Gasteiger partial charge < -0.3 is 15.7 Å². The highest BCUT2D eigenvalue weighted by Crippen LogP contribution is 2.13. The summed E-state index contributed by atoms with van der Waals surface area (Å²) in [6.07, 6.45) is 0. The lowest BCUT2D eigenvalue weighted by molar-refractivity contribution is -0.138. The summed E-state index contributed by atoms with van der Waals surface area (Å²) in [4.78, 5) is 10.7. The van der Waals surface area contributed by atoms with E-state index >= 15 is 0 Å². The first-order valence-corrected chi connectivity index (χ1v) is 5.32. The molecule has 1 rings (SSSR count). The number of carboxylic acid groups (broad SMARTS) is 1. The highest BCUT2D eigenvalue weighted by atomic mass is 79.9. The Hall–Kier alpha value is -1.07. The SMILES string of the molecule is CNC(CNc1ccc(Br)cc1)C(=O)O. The van der Waals surface area contributed by atoms with Crippen molar-refractivity contribution in [1.82, 2.24) is 5.32 Å². The summed E-state index contributed by atoms with van der Waals surface area (Å²) >= 11 is 3.33. The lowest BCUT2D eigenvalue weighted by atomic mass is 10.2. The van der Waals surface area contributed by atoms with Gasteiger partial charge in [0.05, 0.1) is 0 Å². The number of rotatable bonds is 5. The van der Waals surface area contributed by atoms with Crippen LogP contribution in [0.1, 0.15) is 0 Å². The zero-order valence-corrected chi connectivity index (χ0v) is 9.91. The molecule has 15 heavy (non-hydrogen) atoms. The van der Waals surface area contributed by atoms with Crippen molar-refractivity contribution in [2.75, 3.05) is 18.9 Å². The number of anilines is 1. The quantitative estimate of drug-likeness (QED) is 0.761. The van der Waals surface area contributed by atoms with Crippen LogP contribution in [-0.2, 0) is 4.79 Å². The van der Waals surface area contributed by atoms with Gasteiger partial charge in [0.2, 0.25) is 0 Å². The van der Waals surface area contributed by atoms with Crippen LogP contribution in [0.4, 0.5) is 5.69 Å². The second-order valence-corrected chi connectivity index (χ2v) is 3.98. The largest absolute Gasteiger partial charge is 0.480 e. The monoisotopic (exact) mass is 272 g/mol. The molecule has 82 valence electrons. The Morgan fingerprint density at radius 3 is 2.53 bits per heavy atom. The molecule has 1 aromatic rings. The van der Waals surface area contributed by atoms with Crippen LogP contribution in [-0.4, -0.2) is 30.7 Å². The van der Waals surface area contributed by atoms with Gasteiger partial charge in [-0.25, -0.2) is 0 Å². The summed E-state index contributed by atoms with van der Waals surface area (Å²) in [5, 5.41) is 14.5. The molecule has 0 heterocycles. The van der Waals surface area contributed by atoms with E-state index in [2.05, 4.69) is 26.6 Å². The average molecular weight is 273 g/mol. The Bertz CT molecular complexity index is 327. The molecular formula is C10H13BrN2O2. The van der Waals surface area contributed by atoms with Gasteiger partial charge in [-0.15, -0.1) is 0 Å². The number of benzene rings is 1. The predicted molar refractivity (Wildman–Crippen MR) is 63.1 cm³/mol. The fraction of sp³-hybridized carbons (Fsp3) is 0.300. The van der Waals surface area contributed by atoms with Crippen molar-refractivity contribution in [2.45, 2.75) is 6.04 Å². The third kappa shape index (κ3) is 3.89. The summed E-state index contributed by atoms with van der Waals surface area (Å²) in [6, 6.07) is 7.00. The van der Waals surface area contributed by atoms with Gasteiger partial charge in [-0.2, -0.15) is 0 Å². The molecule has 0 aromatic heterocycles. The molecule has 0 amide bonds. The molecule has 4 nitrogen and oxygen atoms in total. The van der Waals surface area contributed by atoms with Gasteiger partial charge >= 0.3 is 5.97 Å². The smallest absolute Gasteiger partial charge is 0.322 e. The van der Waals surface area contributed by atoms with Gasteiger partial charge in [-0.1, -0.05) is 15.9 Å². The van der Waals surface area contributed by atoms with Crippen LogP contribution in [0, 0.1) is 0 Å². The van der Waals surface area contributed by atoms with Gasteiger partial charge in [0.15, 0.2) is 0 Å². The molecule has 1 unspecified atom stereocenters. The Kier molecular flexibility index (Phi) is 4.58. The van der Waals surface area contributed by atoms with E-state index in [1.54, 1.807) is 7.05 Å². The van der Waals surface area contributed by atoms with E-state index < -0.39 is 12.0 Å². The van der Waals surface area contributed by atoms with E-state index in [9.17, 15) is 4.79 Å². The molecule has 3 N–H and O–H groups in total. The second kappa shape index (κ2) is 5.72. The van der Waals surface area contributed by atoms with Gasteiger partial charge in [-0.05, 0) is 31.3 Å². The Balaban J connectivity index is 2.49. The minimum Gasteiger partial charge on any atom is -0.480 e. The number of hydrogen-bond acceptors (Lipinski definition) is 3. The fourth-order valence-electron chi connectivity index (χ4n) is 1.10. The first-order valence-electron chi connectivity index (χ1n) is 4.53. The minimum absolute atomic E-state index is 0.355. The van der Waals surface area contributed by atoms with Crippen molar-refractivity contribution in [3.05, 3.63) is 28.7 Å². The van der Waals surface area contributed by atoms with Crippen LogP contribution >= 0.6 is 15.9 Å². The van der Waals surface area contributed by atoms with E-state index in [-0.39, 0.29) is 0 Å². The molecule has 0 aliphatic rings. The first kappa shape index (κ1) is 12.0. The Morgan fingerprint density at radius 1 is 1.47 bits per heavy atom. The van der Waals surface area contributed by atoms with Crippen molar-refractivity contribution < 1.29 is 9.90 Å². The lowest BCUT2D eigenvalue weighted by Gasteiger charge is -2.13. The summed E-state index contributed by atoms with van der Waals surface area (Å²) in [7, 11) is 1.63. The normalized spacial score (nSPS) is 12.1. The van der Waals surface area contributed by atoms with Gasteiger partial charge in [0.25, 0.3) is 0 Å². The van der Waals surface area contributed by atoms with Crippen molar-refractivity contribution in [1.29, 1.82) is 0 Å². The topological polar surface area (TPSA) is 61.4 Å². The Morgan fingerprint density at radius 2 is 2.07 bits per heavy atom. The summed E-state index contributed by atoms with van der Waals surface area (Å²) in [6.45, 7) is 0.355. The van der Waals surface area contributed by atoms with Crippen LogP contribution in [0.5, 0.6) is 0 Å². The number of hydrogen-bond donors (Lipinski definition) is 3. The molecule has 0 saturated heterocycles. The summed E-state index contributed by atoms with van der Waals surface area (Å²) < 4.78 is 0.997. The van der Waals surface area contributed by atoms with Crippen molar-refractivity contribution in [2.24, 2.45) is 0 Å². The second-order valence-electron chi connectivity index (χ2n) is 3.07. The first-order chi connectivity index (χ1) is 7.13. The molecule has 0 radical (unpaired) electrons. The highest BCUT2D eigenvalue weighted by Gasteiger charge is 2.13. The van der Waals surface area contributed by atoms with E-state index in [1.807, 2.05) is 24.3 Å². The summed E-state index contributed by atoms with van der Waals surface area (Å²) in [5.74, 6) is -0.859. The molecule has 0 saturated carbocycles. The van der Waals surface area contributed by atoms with Crippen molar-refractivity contribution >= 4 is 27.6 Å². The molecule has 1 atom stereocenters. The predicted octanol–water partition coefficient (Wildman–Crippen LogP) is 1.53. The van der Waals surface area contributed by atoms with Gasteiger partial charge in [0.1, 0.15) is 6.04 Å². The van der Waals surface area contributed by atoms with Crippen molar-refractivity contribution in [3.8, 4) is 0 Å². The van der Waals surface area contributed by atoms with E-state index in [1.165, 1.54) is 0 Å². The maximum absolute atomic E-state index is 10.7. The van der Waals surface area contributed by atoms with Crippen LogP contribution in [0.2, 0.25) is 0 Å². The number of likely N-dealkylation sites (N-methyl/N-ethyl adjacent to an activating group) is 1. The average Bonchev–Trinajstić information content (AvgIpc) is 2.21. The minimum atomic E-state index is -0.859. The molecule has 0 fully saturated rings. The van der Waals surface area contributed by atoms with Gasteiger partial charge in [-0.3, -0.25) is 4.79 Å². The number of aliphatic carboxylic acids is 1. The Labute approximate surface area is 96.8 Å². The zero-order chi connectivity index (χ0) is 11.3. The van der Waals surface area contributed by atoms with Crippen LogP contribution < -0.4 is 10.6 Å². The molecule has 0 aliphatic carbocycles. The molecule has 0 bridgehead atoms. The van der Waals surface area contributed by atoms with Crippen LogP contribution in [0.25, 0.3) is 0 Å². The molecule has 0 spiro atoms. The van der Waals surface area contributed by atoms with Crippen LogP contribution in [0.3, 0.4) is 0 Å². The van der Waals surface area contributed by atoms with E-state index in [0.717, 1.165) is 10.2 Å². The molecular weight excluding hydrogens is 260 g/mol. The zero-order valence-electron chi connectivity index (χ0n) is 8.33. The summed E-state index contributed by atoms with van der Waals surface area (Å²) in [5.41, 5.74) is 0.903. The lowest BCUT2D eigenvalue weighted by Crippen LogP contribution is -2.39. The molecule has 0 aliphatic heterocycles. The highest BCUT2D eigenvalue weighted by molar-refractivity contribution is 9.10. The third-order valence-electron chi connectivity index (χ3n) is 2.00.